The van der Waals surface area contributed by atoms with Crippen LogP contribution in [0.15, 0.2) is 0 Å². The highest BCUT2D eigenvalue weighted by Gasteiger charge is 2.32. The molecule has 1 fully saturated rings. The molecule has 5 heteroatoms. The number of nitrogens with zero attached hydrogens (tertiary/aromatic N) is 1. The minimum absolute atomic E-state index is 0.0554. The fourth-order valence-electron chi connectivity index (χ4n) is 2.47. The van der Waals surface area contributed by atoms with Gasteiger partial charge in [0.2, 0.25) is 0 Å². The number of piperidine rings is 1. The van der Waals surface area contributed by atoms with Gasteiger partial charge in [-0.3, -0.25) is 4.90 Å². The monoisotopic (exact) mass is 258 g/mol. The predicted molar refractivity (Wildman–Crippen MR) is 70.4 cm³/mol. The van der Waals surface area contributed by atoms with Crippen molar-refractivity contribution in [1.82, 2.24) is 10.2 Å². The molecule has 0 saturated carbocycles. The van der Waals surface area contributed by atoms with Crippen LogP contribution in [0.3, 0.4) is 0 Å². The van der Waals surface area contributed by atoms with Crippen LogP contribution in [0.4, 0.5) is 4.79 Å². The highest BCUT2D eigenvalue weighted by atomic mass is 16.5. The Labute approximate surface area is 109 Å². The summed E-state index contributed by atoms with van der Waals surface area (Å²) in [5.74, 6) is 0.204. The van der Waals surface area contributed by atoms with E-state index in [4.69, 9.17) is 0 Å². The topological polar surface area (TPSA) is 61.8 Å². The average molecular weight is 258 g/mol. The van der Waals surface area contributed by atoms with Crippen LogP contribution in [0.5, 0.6) is 0 Å². The van der Waals surface area contributed by atoms with E-state index >= 15 is 0 Å². The van der Waals surface area contributed by atoms with Crippen molar-refractivity contribution >= 4 is 6.09 Å². The van der Waals surface area contributed by atoms with Crippen molar-refractivity contribution in [3.8, 4) is 0 Å². The molecule has 2 N–H and O–H groups in total. The number of carbonyl (C=O) groups excluding carboxylic acids is 1. The first-order chi connectivity index (χ1) is 8.47. The van der Waals surface area contributed by atoms with Crippen LogP contribution in [0, 0.1) is 5.92 Å². The maximum absolute atomic E-state index is 11.3. The number of rotatable bonds is 4. The smallest absolute Gasteiger partial charge is 0.407 e. The molecule has 0 aromatic heterocycles. The van der Waals surface area contributed by atoms with Gasteiger partial charge in [0, 0.05) is 25.2 Å². The maximum atomic E-state index is 11.3. The summed E-state index contributed by atoms with van der Waals surface area (Å²) in [6.07, 6.45) is 1.13. The summed E-state index contributed by atoms with van der Waals surface area (Å²) in [5.41, 5.74) is 0. The minimum Gasteiger partial charge on any atom is -0.453 e. The fraction of sp³-hybridized carbons (Fsp3) is 0.923. The molecular weight excluding hydrogens is 232 g/mol. The van der Waals surface area contributed by atoms with Gasteiger partial charge in [0.05, 0.1) is 13.2 Å². The zero-order valence-corrected chi connectivity index (χ0v) is 11.8. The highest BCUT2D eigenvalue weighted by Crippen LogP contribution is 2.22. The number of hydrogen-bond donors (Lipinski definition) is 2. The van der Waals surface area contributed by atoms with E-state index in [-0.39, 0.29) is 18.1 Å². The number of likely N-dealkylation sites (tertiary alicyclic amines) is 1. The third-order valence-electron chi connectivity index (χ3n) is 3.91. The number of alkyl carbamates (subject to hydrolysis) is 1. The minimum atomic E-state index is -0.393. The summed E-state index contributed by atoms with van der Waals surface area (Å²) >= 11 is 0. The lowest BCUT2D eigenvalue weighted by Gasteiger charge is -2.41. The molecule has 1 aliphatic heterocycles. The Hall–Kier alpha value is -0.810. The van der Waals surface area contributed by atoms with E-state index in [1.54, 1.807) is 0 Å². The summed E-state index contributed by atoms with van der Waals surface area (Å²) in [5, 5.41) is 12.6. The van der Waals surface area contributed by atoms with Crippen LogP contribution < -0.4 is 5.32 Å². The molecule has 1 aliphatic rings. The molecule has 18 heavy (non-hydrogen) atoms. The molecular formula is C13H26N2O3. The van der Waals surface area contributed by atoms with E-state index in [0.29, 0.717) is 6.04 Å². The molecule has 4 atom stereocenters. The molecule has 0 bridgehead atoms. The molecule has 1 heterocycles. The zero-order chi connectivity index (χ0) is 13.7. The van der Waals surface area contributed by atoms with Crippen molar-refractivity contribution in [3.63, 3.8) is 0 Å². The molecule has 4 unspecified atom stereocenters. The van der Waals surface area contributed by atoms with Crippen molar-refractivity contribution in [3.05, 3.63) is 0 Å². The Kier molecular flexibility index (Phi) is 5.88. The zero-order valence-electron chi connectivity index (χ0n) is 11.8. The first kappa shape index (κ1) is 15.2. The van der Waals surface area contributed by atoms with E-state index in [1.807, 2.05) is 6.92 Å². The predicted octanol–water partition coefficient (Wildman–Crippen LogP) is 1.21. The Morgan fingerprint density at radius 1 is 1.50 bits per heavy atom. The lowest BCUT2D eigenvalue weighted by atomic mass is 9.89. The van der Waals surface area contributed by atoms with Gasteiger partial charge >= 0.3 is 6.09 Å². The second kappa shape index (κ2) is 6.95. The number of methoxy groups -OCH3 is 1. The number of amides is 1. The van der Waals surface area contributed by atoms with Gasteiger partial charge in [0.25, 0.3) is 0 Å². The second-order valence-corrected chi connectivity index (χ2v) is 5.28. The van der Waals surface area contributed by atoms with E-state index in [0.717, 1.165) is 25.9 Å². The van der Waals surface area contributed by atoms with Gasteiger partial charge in [-0.05, 0) is 32.6 Å². The SMILES string of the molecule is CCC(C)N1CC(NC(=O)OC)CC(C(C)O)C1. The van der Waals surface area contributed by atoms with Crippen molar-refractivity contribution < 1.29 is 14.6 Å². The number of hydrogen-bond acceptors (Lipinski definition) is 4. The van der Waals surface area contributed by atoms with Crippen LogP contribution in [0.25, 0.3) is 0 Å². The van der Waals surface area contributed by atoms with Crippen LogP contribution >= 0.6 is 0 Å². The summed E-state index contributed by atoms with van der Waals surface area (Å²) in [6, 6.07) is 0.522. The molecule has 0 aliphatic carbocycles. The summed E-state index contributed by atoms with van der Waals surface area (Å²) in [7, 11) is 1.37. The van der Waals surface area contributed by atoms with E-state index < -0.39 is 6.09 Å². The van der Waals surface area contributed by atoms with Gasteiger partial charge in [-0.2, -0.15) is 0 Å². The Morgan fingerprint density at radius 2 is 2.17 bits per heavy atom. The first-order valence-electron chi connectivity index (χ1n) is 6.74. The van der Waals surface area contributed by atoms with Crippen LogP contribution in [-0.4, -0.2) is 54.5 Å². The van der Waals surface area contributed by atoms with Crippen molar-refractivity contribution in [1.29, 1.82) is 0 Å². The standard InChI is InChI=1S/C13H26N2O3/c1-5-9(2)15-7-11(10(3)16)6-12(8-15)14-13(17)18-4/h9-12,16H,5-8H2,1-4H3,(H,14,17). The number of aliphatic hydroxyl groups excluding tert-OH is 1. The molecule has 5 nitrogen and oxygen atoms in total. The average Bonchev–Trinajstić information content (AvgIpc) is 2.37. The maximum Gasteiger partial charge on any atom is 0.407 e. The van der Waals surface area contributed by atoms with Crippen LogP contribution in [-0.2, 0) is 4.74 Å². The van der Waals surface area contributed by atoms with Crippen molar-refractivity contribution in [2.75, 3.05) is 20.2 Å². The van der Waals surface area contributed by atoms with Gasteiger partial charge in [0.15, 0.2) is 0 Å². The van der Waals surface area contributed by atoms with E-state index in [9.17, 15) is 9.90 Å². The van der Waals surface area contributed by atoms with Gasteiger partial charge in [-0.25, -0.2) is 4.79 Å². The van der Waals surface area contributed by atoms with E-state index in [2.05, 4.69) is 28.8 Å². The number of aliphatic hydroxyl groups is 1. The molecule has 1 rings (SSSR count). The summed E-state index contributed by atoms with van der Waals surface area (Å²) < 4.78 is 4.64. The largest absolute Gasteiger partial charge is 0.453 e. The molecule has 0 radical (unpaired) electrons. The van der Waals surface area contributed by atoms with Crippen LogP contribution in [0.2, 0.25) is 0 Å². The molecule has 0 aromatic carbocycles. The normalized spacial score (nSPS) is 28.5. The number of nitrogens with one attached hydrogen (secondary N) is 1. The van der Waals surface area contributed by atoms with Gasteiger partial charge < -0.3 is 15.2 Å². The van der Waals surface area contributed by atoms with Crippen molar-refractivity contribution in [2.45, 2.75) is 51.8 Å². The molecule has 106 valence electrons. The van der Waals surface area contributed by atoms with E-state index in [1.165, 1.54) is 7.11 Å². The first-order valence-corrected chi connectivity index (χ1v) is 6.74. The number of carbonyl (C=O) groups is 1. The quantitative estimate of drug-likeness (QED) is 0.796. The third-order valence-corrected chi connectivity index (χ3v) is 3.91. The lowest BCUT2D eigenvalue weighted by molar-refractivity contribution is 0.0312. The lowest BCUT2D eigenvalue weighted by Crippen LogP contribution is -2.54. The Balaban J connectivity index is 2.65. The summed E-state index contributed by atoms with van der Waals surface area (Å²) in [6.45, 7) is 7.87. The van der Waals surface area contributed by atoms with Gasteiger partial charge in [-0.1, -0.05) is 6.92 Å². The summed E-state index contributed by atoms with van der Waals surface area (Å²) in [4.78, 5) is 13.6. The Morgan fingerprint density at radius 3 is 2.67 bits per heavy atom. The van der Waals surface area contributed by atoms with Crippen molar-refractivity contribution in [2.24, 2.45) is 5.92 Å². The molecule has 0 aromatic rings. The number of ether oxygens (including phenoxy) is 1. The van der Waals surface area contributed by atoms with Crippen LogP contribution in [0.1, 0.15) is 33.6 Å². The third kappa shape index (κ3) is 4.14. The second-order valence-electron chi connectivity index (χ2n) is 5.28. The fourth-order valence-corrected chi connectivity index (χ4v) is 2.47. The molecule has 0 spiro atoms. The van der Waals surface area contributed by atoms with Gasteiger partial charge in [0.1, 0.15) is 0 Å². The Bertz CT molecular complexity index is 271. The highest BCUT2D eigenvalue weighted by molar-refractivity contribution is 5.67. The molecule has 1 saturated heterocycles. The van der Waals surface area contributed by atoms with Gasteiger partial charge in [-0.15, -0.1) is 0 Å². The molecule has 1 amide bonds.